The van der Waals surface area contributed by atoms with Crippen LogP contribution in [0.25, 0.3) is 0 Å². The molecule has 0 saturated carbocycles. The Hall–Kier alpha value is -3.03. The Labute approximate surface area is 156 Å². The second-order valence-corrected chi connectivity index (χ2v) is 6.84. The number of para-hydroxylation sites is 2. The lowest BCUT2D eigenvalue weighted by atomic mass is 10.0. The highest BCUT2D eigenvalue weighted by Gasteiger charge is 2.30. The minimum Gasteiger partial charge on any atom is -0.485 e. The number of carbonyl (C=O) groups excluding carboxylic acids is 1. The van der Waals surface area contributed by atoms with Gasteiger partial charge in [-0.1, -0.05) is 12.1 Å². The first-order valence-electron chi connectivity index (χ1n) is 9.10. The van der Waals surface area contributed by atoms with Crippen molar-refractivity contribution >= 4 is 11.9 Å². The van der Waals surface area contributed by atoms with Crippen LogP contribution in [-0.2, 0) is 4.79 Å². The quantitative estimate of drug-likeness (QED) is 0.837. The van der Waals surface area contributed by atoms with E-state index in [0.717, 1.165) is 12.8 Å². The molecule has 2 aliphatic heterocycles. The van der Waals surface area contributed by atoms with Gasteiger partial charge in [0.2, 0.25) is 12.1 Å². The summed E-state index contributed by atoms with van der Waals surface area (Å²) in [4.78, 5) is 33.3. The van der Waals surface area contributed by atoms with Crippen molar-refractivity contribution in [1.29, 1.82) is 0 Å². The van der Waals surface area contributed by atoms with Gasteiger partial charge in [0.1, 0.15) is 6.61 Å². The number of amides is 1. The molecule has 1 unspecified atom stereocenters. The van der Waals surface area contributed by atoms with E-state index in [2.05, 4.69) is 15.3 Å². The summed E-state index contributed by atoms with van der Waals surface area (Å²) in [6.45, 7) is 3.43. The van der Waals surface area contributed by atoms with Gasteiger partial charge in [-0.3, -0.25) is 14.6 Å². The van der Waals surface area contributed by atoms with Crippen LogP contribution >= 0.6 is 0 Å². The highest BCUT2D eigenvalue weighted by Crippen LogP contribution is 2.31. The van der Waals surface area contributed by atoms with Crippen molar-refractivity contribution < 1.29 is 14.3 Å². The Kier molecular flexibility index (Phi) is 4.70. The molecule has 8 nitrogen and oxygen atoms in total. The summed E-state index contributed by atoms with van der Waals surface area (Å²) >= 11 is 0. The number of hydrogen-bond donors (Lipinski definition) is 2. The fourth-order valence-electron chi connectivity index (χ4n) is 3.39. The SMILES string of the molecule is Cc1cc(=O)[nH]c(N2CCC(NC(=O)C3COc4ccccc4O3)CC2)n1. The Morgan fingerprint density at radius 3 is 2.74 bits per heavy atom. The van der Waals surface area contributed by atoms with E-state index in [-0.39, 0.29) is 24.1 Å². The summed E-state index contributed by atoms with van der Waals surface area (Å²) in [6.07, 6.45) is 0.897. The maximum absolute atomic E-state index is 12.5. The van der Waals surface area contributed by atoms with Crippen LogP contribution in [0.4, 0.5) is 5.95 Å². The first-order valence-corrected chi connectivity index (χ1v) is 9.10. The van der Waals surface area contributed by atoms with E-state index in [4.69, 9.17) is 9.47 Å². The lowest BCUT2D eigenvalue weighted by molar-refractivity contribution is -0.131. The number of nitrogens with zero attached hydrogens (tertiary/aromatic N) is 2. The number of fused-ring (bicyclic) bond motifs is 1. The normalized spacial score (nSPS) is 19.6. The number of benzene rings is 1. The summed E-state index contributed by atoms with van der Waals surface area (Å²) < 4.78 is 11.4. The maximum Gasteiger partial charge on any atom is 0.264 e. The molecule has 0 aliphatic carbocycles. The van der Waals surface area contributed by atoms with Crippen molar-refractivity contribution in [3.05, 3.63) is 46.4 Å². The highest BCUT2D eigenvalue weighted by atomic mass is 16.6. The van der Waals surface area contributed by atoms with Crippen LogP contribution < -0.4 is 25.2 Å². The van der Waals surface area contributed by atoms with Gasteiger partial charge in [-0.05, 0) is 31.9 Å². The molecule has 3 heterocycles. The number of aromatic amines is 1. The van der Waals surface area contributed by atoms with Gasteiger partial charge in [0.25, 0.3) is 11.5 Å². The summed E-state index contributed by atoms with van der Waals surface area (Å²) in [7, 11) is 0. The largest absolute Gasteiger partial charge is 0.485 e. The monoisotopic (exact) mass is 370 g/mol. The van der Waals surface area contributed by atoms with Crippen LogP contribution in [0.3, 0.4) is 0 Å². The van der Waals surface area contributed by atoms with E-state index in [9.17, 15) is 9.59 Å². The molecule has 142 valence electrons. The number of nitrogens with one attached hydrogen (secondary N) is 2. The summed E-state index contributed by atoms with van der Waals surface area (Å²) in [5, 5.41) is 3.05. The third-order valence-corrected chi connectivity index (χ3v) is 4.80. The van der Waals surface area contributed by atoms with Crippen molar-refractivity contribution in [3.63, 3.8) is 0 Å². The third kappa shape index (κ3) is 3.89. The molecule has 1 aromatic heterocycles. The number of aromatic nitrogens is 2. The standard InChI is InChI=1S/C19H22N4O4/c1-12-10-17(24)22-19(20-12)23-8-6-13(7-9-23)21-18(25)16-11-26-14-4-2-3-5-15(14)27-16/h2-5,10,13,16H,6-9,11H2,1H3,(H,21,25)(H,20,22,24). The molecule has 2 N–H and O–H groups in total. The van der Waals surface area contributed by atoms with Crippen molar-refractivity contribution in [1.82, 2.24) is 15.3 Å². The Morgan fingerprint density at radius 2 is 2.00 bits per heavy atom. The molecule has 4 rings (SSSR count). The van der Waals surface area contributed by atoms with Crippen molar-refractivity contribution in [2.75, 3.05) is 24.6 Å². The molecule has 1 saturated heterocycles. The summed E-state index contributed by atoms with van der Waals surface area (Å²) in [5.74, 6) is 1.68. The number of carbonyl (C=O) groups is 1. The van der Waals surface area contributed by atoms with Gasteiger partial charge in [0, 0.05) is 30.9 Å². The molecule has 1 fully saturated rings. The van der Waals surface area contributed by atoms with E-state index in [1.54, 1.807) is 13.0 Å². The molecule has 0 radical (unpaired) electrons. The molecule has 1 aromatic carbocycles. The second kappa shape index (κ2) is 7.30. The average molecular weight is 370 g/mol. The molecule has 8 heteroatoms. The number of rotatable bonds is 3. The van der Waals surface area contributed by atoms with E-state index >= 15 is 0 Å². The Bertz CT molecular complexity index is 889. The number of hydrogen-bond acceptors (Lipinski definition) is 6. The predicted octanol–water partition coefficient (Wildman–Crippen LogP) is 1.00. The van der Waals surface area contributed by atoms with Crippen molar-refractivity contribution in [2.45, 2.75) is 31.9 Å². The molecule has 27 heavy (non-hydrogen) atoms. The fourth-order valence-corrected chi connectivity index (χ4v) is 3.39. The zero-order valence-corrected chi connectivity index (χ0v) is 15.1. The van der Waals surface area contributed by atoms with Gasteiger partial charge in [-0.15, -0.1) is 0 Å². The lowest BCUT2D eigenvalue weighted by Crippen LogP contribution is -2.51. The van der Waals surface area contributed by atoms with E-state index in [1.807, 2.05) is 23.1 Å². The molecule has 0 bridgehead atoms. The van der Waals surface area contributed by atoms with Crippen LogP contribution in [0.2, 0.25) is 0 Å². The van der Waals surface area contributed by atoms with Gasteiger partial charge < -0.3 is 19.7 Å². The second-order valence-electron chi connectivity index (χ2n) is 6.84. The van der Waals surface area contributed by atoms with Gasteiger partial charge in [-0.25, -0.2) is 4.98 Å². The predicted molar refractivity (Wildman–Crippen MR) is 99.3 cm³/mol. The first-order chi connectivity index (χ1) is 13.1. The van der Waals surface area contributed by atoms with Crippen molar-refractivity contribution in [2.24, 2.45) is 0 Å². The minimum absolute atomic E-state index is 0.0612. The molecule has 2 aliphatic rings. The molecular weight excluding hydrogens is 348 g/mol. The highest BCUT2D eigenvalue weighted by molar-refractivity contribution is 5.82. The Balaban J connectivity index is 1.31. The van der Waals surface area contributed by atoms with Gasteiger partial charge >= 0.3 is 0 Å². The molecule has 1 atom stereocenters. The van der Waals surface area contributed by atoms with E-state index in [0.29, 0.717) is 36.2 Å². The van der Waals surface area contributed by atoms with E-state index in [1.165, 1.54) is 6.07 Å². The molecular formula is C19H22N4O4. The zero-order chi connectivity index (χ0) is 18.8. The number of aryl methyl sites for hydroxylation is 1. The van der Waals surface area contributed by atoms with E-state index < -0.39 is 6.10 Å². The van der Waals surface area contributed by atoms with Crippen molar-refractivity contribution in [3.8, 4) is 11.5 Å². The number of piperidine rings is 1. The zero-order valence-electron chi connectivity index (χ0n) is 15.1. The molecule has 2 aromatic rings. The smallest absolute Gasteiger partial charge is 0.264 e. The van der Waals surface area contributed by atoms with Crippen LogP contribution in [0.15, 0.2) is 35.1 Å². The van der Waals surface area contributed by atoms with Gasteiger partial charge in [-0.2, -0.15) is 0 Å². The van der Waals surface area contributed by atoms with Crippen LogP contribution in [0, 0.1) is 6.92 Å². The van der Waals surface area contributed by atoms with Crippen LogP contribution in [0.5, 0.6) is 11.5 Å². The summed E-state index contributed by atoms with van der Waals surface area (Å²) in [6, 6.07) is 8.87. The third-order valence-electron chi connectivity index (χ3n) is 4.80. The average Bonchev–Trinajstić information content (AvgIpc) is 2.67. The number of ether oxygens (including phenoxy) is 2. The minimum atomic E-state index is -0.646. The maximum atomic E-state index is 12.5. The molecule has 0 spiro atoms. The topological polar surface area (TPSA) is 96.6 Å². The van der Waals surface area contributed by atoms with Crippen LogP contribution in [0.1, 0.15) is 18.5 Å². The molecule has 1 amide bonds. The lowest BCUT2D eigenvalue weighted by Gasteiger charge is -2.34. The Morgan fingerprint density at radius 1 is 1.26 bits per heavy atom. The summed E-state index contributed by atoms with van der Waals surface area (Å²) in [5.41, 5.74) is 0.543. The number of H-pyrrole nitrogens is 1. The first kappa shape index (κ1) is 17.4. The number of anilines is 1. The van der Waals surface area contributed by atoms with Gasteiger partial charge in [0.15, 0.2) is 11.5 Å². The van der Waals surface area contributed by atoms with Gasteiger partial charge in [0.05, 0.1) is 0 Å². The van der Waals surface area contributed by atoms with Crippen LogP contribution in [-0.4, -0.2) is 47.7 Å². The fraction of sp³-hybridized carbons (Fsp3) is 0.421.